The van der Waals surface area contributed by atoms with Gasteiger partial charge in [-0.3, -0.25) is 9.59 Å². The van der Waals surface area contributed by atoms with Crippen LogP contribution in [0, 0.1) is 5.92 Å². The third-order valence-corrected chi connectivity index (χ3v) is 5.79. The van der Waals surface area contributed by atoms with Crippen molar-refractivity contribution in [2.75, 3.05) is 39.3 Å². The third-order valence-electron chi connectivity index (χ3n) is 5.79. The van der Waals surface area contributed by atoms with Crippen molar-refractivity contribution in [3.05, 3.63) is 35.4 Å². The summed E-state index contributed by atoms with van der Waals surface area (Å²) >= 11 is 0. The summed E-state index contributed by atoms with van der Waals surface area (Å²) in [6.45, 7) is 16.6. The lowest BCUT2D eigenvalue weighted by Gasteiger charge is -2.32. The van der Waals surface area contributed by atoms with E-state index >= 15 is 0 Å². The van der Waals surface area contributed by atoms with Gasteiger partial charge in [0.2, 0.25) is 0 Å². The number of nitrogens with zero attached hydrogens (tertiary/aromatic N) is 1. The molecule has 0 bridgehead atoms. The lowest BCUT2D eigenvalue weighted by Crippen LogP contribution is -3.16. The summed E-state index contributed by atoms with van der Waals surface area (Å²) in [6.07, 6.45) is 1.04. The first-order valence-electron chi connectivity index (χ1n) is 11.4. The first-order valence-corrected chi connectivity index (χ1v) is 11.4. The van der Waals surface area contributed by atoms with Gasteiger partial charge in [-0.1, -0.05) is 45.0 Å². The summed E-state index contributed by atoms with van der Waals surface area (Å²) < 4.78 is 0. The number of benzene rings is 1. The van der Waals surface area contributed by atoms with E-state index in [9.17, 15) is 9.59 Å². The molecule has 1 fully saturated rings. The Kier molecular flexibility index (Phi) is 8.86. The second-order valence-corrected chi connectivity index (χ2v) is 9.91. The smallest absolute Gasteiger partial charge is 0.278 e. The van der Waals surface area contributed by atoms with E-state index in [2.05, 4.69) is 55.7 Å². The Balaban J connectivity index is 1.81. The summed E-state index contributed by atoms with van der Waals surface area (Å²) in [7, 11) is 0. The number of piperazine rings is 1. The Labute approximate surface area is 182 Å². The van der Waals surface area contributed by atoms with Gasteiger partial charge in [0.1, 0.15) is 6.04 Å². The largest absolute Gasteiger partial charge is 0.347 e. The number of carbonyl (C=O) groups is 2. The highest BCUT2D eigenvalue weighted by Crippen LogP contribution is 2.18. The van der Waals surface area contributed by atoms with Gasteiger partial charge in [-0.2, -0.15) is 0 Å². The molecule has 1 aliphatic rings. The number of nitrogens with two attached hydrogens (primary N) is 1. The van der Waals surface area contributed by atoms with E-state index in [0.717, 1.165) is 32.6 Å². The molecule has 1 heterocycles. The van der Waals surface area contributed by atoms with E-state index in [1.165, 1.54) is 16.0 Å². The van der Waals surface area contributed by atoms with Crippen molar-refractivity contribution in [2.45, 2.75) is 59.5 Å². The van der Waals surface area contributed by atoms with E-state index in [-0.39, 0.29) is 23.4 Å². The molecule has 1 aliphatic heterocycles. The molecule has 2 rings (SSSR count). The van der Waals surface area contributed by atoms with Crippen LogP contribution in [-0.4, -0.2) is 61.5 Å². The van der Waals surface area contributed by atoms with E-state index < -0.39 is 0 Å². The summed E-state index contributed by atoms with van der Waals surface area (Å²) in [4.78, 5) is 28.1. The van der Waals surface area contributed by atoms with E-state index in [0.29, 0.717) is 19.0 Å². The van der Waals surface area contributed by atoms with E-state index in [1.807, 2.05) is 25.7 Å². The number of quaternary nitrogens is 2. The van der Waals surface area contributed by atoms with Gasteiger partial charge in [-0.15, -0.1) is 0 Å². The van der Waals surface area contributed by atoms with Crippen LogP contribution in [0.3, 0.4) is 0 Å². The Morgan fingerprint density at radius 1 is 1.13 bits per heavy atom. The fraction of sp³-hybridized carbons (Fsp3) is 0.667. The molecule has 0 radical (unpaired) electrons. The second-order valence-electron chi connectivity index (χ2n) is 9.91. The molecular weight excluding hydrogens is 376 g/mol. The zero-order valence-electron chi connectivity index (χ0n) is 19.8. The van der Waals surface area contributed by atoms with Gasteiger partial charge in [0.05, 0.1) is 26.2 Å². The summed E-state index contributed by atoms with van der Waals surface area (Å²) in [5, 5.41) is 5.21. The summed E-state index contributed by atoms with van der Waals surface area (Å²) in [5.74, 6) is 0.733. The van der Waals surface area contributed by atoms with Crippen LogP contribution in [0.5, 0.6) is 0 Å². The lowest BCUT2D eigenvalue weighted by molar-refractivity contribution is -0.896. The number of nitrogens with one attached hydrogen (secondary N) is 2. The van der Waals surface area contributed by atoms with Crippen LogP contribution >= 0.6 is 0 Å². The molecular formula is C24H42N4O2+2. The molecule has 6 heteroatoms. The molecule has 1 aromatic rings. The van der Waals surface area contributed by atoms with Crippen LogP contribution in [-0.2, 0) is 16.0 Å². The molecule has 1 saturated heterocycles. The average molecular weight is 419 g/mol. The third kappa shape index (κ3) is 7.73. The van der Waals surface area contributed by atoms with Gasteiger partial charge in [0.25, 0.3) is 11.8 Å². The highest BCUT2D eigenvalue weighted by molar-refractivity contribution is 5.78. The Bertz CT molecular complexity index is 686. The number of amides is 2. The zero-order valence-corrected chi connectivity index (χ0v) is 19.8. The first kappa shape index (κ1) is 24.4. The molecule has 6 nitrogen and oxygen atoms in total. The summed E-state index contributed by atoms with van der Waals surface area (Å²) in [5.41, 5.74) is 2.43. The van der Waals surface area contributed by atoms with Crippen molar-refractivity contribution >= 4 is 11.8 Å². The van der Waals surface area contributed by atoms with Crippen molar-refractivity contribution in [1.29, 1.82) is 0 Å². The molecule has 0 aromatic heterocycles. The maximum absolute atomic E-state index is 12.8. The SMILES string of the molecule is CCc1ccc([C@@H]([NH2+]CC(=O)N2CC[NH+](CC(=O)NC(C)(C)C)CC2)C(C)C)cc1. The molecule has 1 atom stereocenters. The van der Waals surface area contributed by atoms with Gasteiger partial charge in [-0.05, 0) is 32.8 Å². The molecule has 0 spiro atoms. The number of hydrogen-bond donors (Lipinski definition) is 3. The molecule has 2 amide bonds. The Morgan fingerprint density at radius 2 is 1.73 bits per heavy atom. The zero-order chi connectivity index (χ0) is 22.3. The van der Waals surface area contributed by atoms with Gasteiger partial charge >= 0.3 is 0 Å². The Morgan fingerprint density at radius 3 is 2.23 bits per heavy atom. The number of carbonyl (C=O) groups excluding carboxylic acids is 2. The van der Waals surface area contributed by atoms with Crippen molar-refractivity contribution in [3.63, 3.8) is 0 Å². The first-order chi connectivity index (χ1) is 14.1. The van der Waals surface area contributed by atoms with Crippen LogP contribution in [0.2, 0.25) is 0 Å². The van der Waals surface area contributed by atoms with Crippen LogP contribution in [0.4, 0.5) is 0 Å². The fourth-order valence-electron chi connectivity index (χ4n) is 4.06. The predicted molar refractivity (Wildman–Crippen MR) is 120 cm³/mol. The number of aryl methyl sites for hydroxylation is 1. The van der Waals surface area contributed by atoms with Crippen molar-refractivity contribution < 1.29 is 19.8 Å². The monoisotopic (exact) mass is 418 g/mol. The fourth-order valence-corrected chi connectivity index (χ4v) is 4.06. The molecule has 0 saturated carbocycles. The van der Waals surface area contributed by atoms with Gasteiger partial charge in [-0.25, -0.2) is 0 Å². The standard InChI is InChI=1S/C24H40N4O2/c1-7-19-8-10-20(11-9-19)23(18(2)3)25-16-22(30)28-14-12-27(13-15-28)17-21(29)26-24(4,5)6/h8-11,18,23,25H,7,12-17H2,1-6H3,(H,26,29)/p+2/t23-/m0/s1. The molecule has 1 aromatic carbocycles. The molecule has 168 valence electrons. The predicted octanol–water partition coefficient (Wildman–Crippen LogP) is 0.151. The normalized spacial score (nSPS) is 16.6. The van der Waals surface area contributed by atoms with Gasteiger partial charge < -0.3 is 20.4 Å². The highest BCUT2D eigenvalue weighted by Gasteiger charge is 2.28. The molecule has 30 heavy (non-hydrogen) atoms. The number of rotatable bonds is 8. The average Bonchev–Trinajstić information content (AvgIpc) is 2.67. The topological polar surface area (TPSA) is 70.5 Å². The molecule has 4 N–H and O–H groups in total. The van der Waals surface area contributed by atoms with Crippen molar-refractivity contribution in [3.8, 4) is 0 Å². The molecule has 0 unspecified atom stereocenters. The van der Waals surface area contributed by atoms with Crippen LogP contribution in [0.25, 0.3) is 0 Å². The van der Waals surface area contributed by atoms with E-state index in [4.69, 9.17) is 0 Å². The van der Waals surface area contributed by atoms with Gasteiger partial charge in [0.15, 0.2) is 13.1 Å². The lowest BCUT2D eigenvalue weighted by atomic mass is 9.95. The van der Waals surface area contributed by atoms with Crippen LogP contribution in [0.15, 0.2) is 24.3 Å². The Hall–Kier alpha value is -1.92. The molecule has 0 aliphatic carbocycles. The maximum atomic E-state index is 12.8. The van der Waals surface area contributed by atoms with Crippen LogP contribution in [0.1, 0.15) is 58.7 Å². The van der Waals surface area contributed by atoms with E-state index in [1.54, 1.807) is 0 Å². The second kappa shape index (κ2) is 10.9. The van der Waals surface area contributed by atoms with Crippen LogP contribution < -0.4 is 15.5 Å². The number of hydrogen-bond acceptors (Lipinski definition) is 2. The van der Waals surface area contributed by atoms with Crippen molar-refractivity contribution in [1.82, 2.24) is 10.2 Å². The maximum Gasteiger partial charge on any atom is 0.278 e. The minimum absolute atomic E-state index is 0.0828. The highest BCUT2D eigenvalue weighted by atomic mass is 16.2. The summed E-state index contributed by atoms with van der Waals surface area (Å²) in [6, 6.07) is 9.08. The minimum atomic E-state index is -0.200. The van der Waals surface area contributed by atoms with Crippen molar-refractivity contribution in [2.24, 2.45) is 5.92 Å². The minimum Gasteiger partial charge on any atom is -0.347 e. The van der Waals surface area contributed by atoms with Gasteiger partial charge in [0, 0.05) is 17.0 Å². The quantitative estimate of drug-likeness (QED) is 0.563.